The number of methoxy groups -OCH3 is 1. The molecule has 2 nitrogen and oxygen atoms in total. The van der Waals surface area contributed by atoms with Crippen molar-refractivity contribution in [3.8, 4) is 16.9 Å². The molecule has 94 valence electrons. The van der Waals surface area contributed by atoms with Gasteiger partial charge in [0.15, 0.2) is 0 Å². The summed E-state index contributed by atoms with van der Waals surface area (Å²) in [5.41, 5.74) is 0.392. The minimum atomic E-state index is -0.762. The van der Waals surface area contributed by atoms with Gasteiger partial charge in [-0.15, -0.1) is 0 Å². The third-order valence-electron chi connectivity index (χ3n) is 2.74. The van der Waals surface area contributed by atoms with Crippen LogP contribution in [0.15, 0.2) is 36.4 Å². The molecule has 0 aliphatic heterocycles. The van der Waals surface area contributed by atoms with E-state index in [0.717, 1.165) is 6.07 Å². The quantitative estimate of drug-likeness (QED) is 0.906. The zero-order valence-corrected chi connectivity index (χ0v) is 9.78. The Morgan fingerprint density at radius 3 is 2.44 bits per heavy atom. The summed E-state index contributed by atoms with van der Waals surface area (Å²) in [6.45, 7) is -0.680. The maximum Gasteiger partial charge on any atom is 0.139 e. The second kappa shape index (κ2) is 5.14. The highest BCUT2D eigenvalue weighted by atomic mass is 19.1. The first kappa shape index (κ1) is 12.5. The third kappa shape index (κ3) is 2.07. The summed E-state index contributed by atoms with van der Waals surface area (Å²) < 4.78 is 32.5. The molecule has 0 unspecified atom stereocenters. The minimum absolute atomic E-state index is 0.206. The van der Waals surface area contributed by atoms with Gasteiger partial charge >= 0.3 is 0 Å². The van der Waals surface area contributed by atoms with Crippen LogP contribution in [0.1, 0.15) is 5.56 Å². The number of halogens is 2. The zero-order chi connectivity index (χ0) is 13.1. The van der Waals surface area contributed by atoms with Crippen molar-refractivity contribution in [2.24, 2.45) is 0 Å². The molecule has 4 heteroatoms. The summed E-state index contributed by atoms with van der Waals surface area (Å²) in [5, 5.41) is 8.99. The predicted octanol–water partition coefficient (Wildman–Crippen LogP) is 3.13. The number of benzene rings is 2. The molecule has 0 radical (unpaired) electrons. The van der Waals surface area contributed by atoms with Crippen molar-refractivity contribution in [3.05, 3.63) is 53.6 Å². The summed E-state index contributed by atoms with van der Waals surface area (Å²) >= 11 is 0. The first-order chi connectivity index (χ1) is 8.69. The molecule has 2 rings (SSSR count). The Morgan fingerprint density at radius 2 is 1.78 bits per heavy atom. The van der Waals surface area contributed by atoms with Gasteiger partial charge < -0.3 is 9.84 Å². The van der Waals surface area contributed by atoms with Gasteiger partial charge in [0, 0.05) is 16.7 Å². The van der Waals surface area contributed by atoms with Crippen LogP contribution in [0.2, 0.25) is 0 Å². The van der Waals surface area contributed by atoms with E-state index in [-0.39, 0.29) is 11.1 Å². The fourth-order valence-electron chi connectivity index (χ4n) is 1.82. The highest BCUT2D eigenvalue weighted by Crippen LogP contribution is 2.33. The van der Waals surface area contributed by atoms with Crippen LogP contribution in [0.5, 0.6) is 5.75 Å². The first-order valence-corrected chi connectivity index (χ1v) is 5.40. The van der Waals surface area contributed by atoms with Gasteiger partial charge in [0.1, 0.15) is 17.4 Å². The summed E-state index contributed by atoms with van der Waals surface area (Å²) in [4.78, 5) is 0. The molecule has 0 saturated heterocycles. The van der Waals surface area contributed by atoms with E-state index in [1.807, 2.05) is 0 Å². The highest BCUT2D eigenvalue weighted by Gasteiger charge is 2.16. The van der Waals surface area contributed by atoms with Gasteiger partial charge in [-0.1, -0.05) is 18.2 Å². The standard InChI is InChI=1S/C14H12F2O2/c1-18-13-5-3-2-4-9(13)10-6-7-12(15)11(8-17)14(10)16/h2-7,17H,8H2,1H3. The van der Waals surface area contributed by atoms with Crippen LogP contribution in [-0.4, -0.2) is 12.2 Å². The van der Waals surface area contributed by atoms with E-state index >= 15 is 0 Å². The molecule has 0 aromatic heterocycles. The van der Waals surface area contributed by atoms with Crippen molar-refractivity contribution in [2.75, 3.05) is 7.11 Å². The van der Waals surface area contributed by atoms with Gasteiger partial charge in [-0.3, -0.25) is 0 Å². The molecule has 0 amide bonds. The van der Waals surface area contributed by atoms with Crippen LogP contribution in [-0.2, 0) is 6.61 Å². The van der Waals surface area contributed by atoms with Crippen molar-refractivity contribution in [3.63, 3.8) is 0 Å². The van der Waals surface area contributed by atoms with Crippen molar-refractivity contribution in [1.29, 1.82) is 0 Å². The van der Waals surface area contributed by atoms with Crippen molar-refractivity contribution < 1.29 is 18.6 Å². The maximum absolute atomic E-state index is 14.1. The Kier molecular flexibility index (Phi) is 3.58. The molecule has 2 aromatic carbocycles. The minimum Gasteiger partial charge on any atom is -0.496 e. The smallest absolute Gasteiger partial charge is 0.139 e. The van der Waals surface area contributed by atoms with Gasteiger partial charge in [0.05, 0.1) is 13.7 Å². The van der Waals surface area contributed by atoms with Gasteiger partial charge in [-0.2, -0.15) is 0 Å². The molecule has 0 atom stereocenters. The van der Waals surface area contributed by atoms with Gasteiger partial charge in [0.2, 0.25) is 0 Å². The summed E-state index contributed by atoms with van der Waals surface area (Å²) in [6, 6.07) is 9.33. The van der Waals surface area contributed by atoms with Crippen LogP contribution < -0.4 is 4.74 Å². The number of hydrogen-bond donors (Lipinski definition) is 1. The molecular formula is C14H12F2O2. The molecule has 2 aromatic rings. The molecular weight excluding hydrogens is 238 g/mol. The number of rotatable bonds is 3. The Hall–Kier alpha value is -1.94. The normalized spacial score (nSPS) is 10.4. The Balaban J connectivity index is 2.65. The molecule has 0 heterocycles. The van der Waals surface area contributed by atoms with E-state index in [2.05, 4.69) is 0 Å². The fraction of sp³-hybridized carbons (Fsp3) is 0.143. The molecule has 0 saturated carbocycles. The molecule has 0 bridgehead atoms. The average molecular weight is 250 g/mol. The summed E-state index contributed by atoms with van der Waals surface area (Å²) in [7, 11) is 1.48. The van der Waals surface area contributed by atoms with Crippen molar-refractivity contribution >= 4 is 0 Å². The van der Waals surface area contributed by atoms with Gasteiger partial charge in [0.25, 0.3) is 0 Å². The molecule has 0 aliphatic carbocycles. The lowest BCUT2D eigenvalue weighted by atomic mass is 10.0. The van der Waals surface area contributed by atoms with Crippen LogP contribution in [0, 0.1) is 11.6 Å². The monoisotopic (exact) mass is 250 g/mol. The van der Waals surface area contributed by atoms with E-state index in [4.69, 9.17) is 9.84 Å². The third-order valence-corrected chi connectivity index (χ3v) is 2.74. The summed E-state index contributed by atoms with van der Waals surface area (Å²) in [5.74, 6) is -1.03. The largest absolute Gasteiger partial charge is 0.496 e. The van der Waals surface area contributed by atoms with Crippen molar-refractivity contribution in [1.82, 2.24) is 0 Å². The Labute approximate surface area is 103 Å². The molecule has 18 heavy (non-hydrogen) atoms. The lowest BCUT2D eigenvalue weighted by Crippen LogP contribution is -1.99. The van der Waals surface area contributed by atoms with Gasteiger partial charge in [-0.05, 0) is 18.2 Å². The number of para-hydroxylation sites is 1. The first-order valence-electron chi connectivity index (χ1n) is 5.40. The highest BCUT2D eigenvalue weighted by molar-refractivity contribution is 5.71. The second-order valence-corrected chi connectivity index (χ2v) is 3.75. The SMILES string of the molecule is COc1ccccc1-c1ccc(F)c(CO)c1F. The maximum atomic E-state index is 14.1. The fourth-order valence-corrected chi connectivity index (χ4v) is 1.82. The predicted molar refractivity (Wildman–Crippen MR) is 64.3 cm³/mol. The van der Waals surface area contributed by atoms with Crippen LogP contribution in [0.25, 0.3) is 11.1 Å². The van der Waals surface area contributed by atoms with E-state index < -0.39 is 18.2 Å². The van der Waals surface area contributed by atoms with E-state index in [1.54, 1.807) is 24.3 Å². The van der Waals surface area contributed by atoms with Crippen LogP contribution in [0.3, 0.4) is 0 Å². The molecule has 1 N–H and O–H groups in total. The lowest BCUT2D eigenvalue weighted by molar-refractivity contribution is 0.269. The Morgan fingerprint density at radius 1 is 1.06 bits per heavy atom. The Bertz CT molecular complexity index is 568. The molecule has 0 aliphatic rings. The summed E-state index contributed by atoms with van der Waals surface area (Å²) in [6.07, 6.45) is 0. The van der Waals surface area contributed by atoms with Crippen LogP contribution in [0.4, 0.5) is 8.78 Å². The van der Waals surface area contributed by atoms with Crippen LogP contribution >= 0.6 is 0 Å². The van der Waals surface area contributed by atoms with E-state index in [0.29, 0.717) is 11.3 Å². The number of aliphatic hydroxyl groups is 1. The second-order valence-electron chi connectivity index (χ2n) is 3.75. The number of hydrogen-bond acceptors (Lipinski definition) is 2. The van der Waals surface area contributed by atoms with Crippen molar-refractivity contribution in [2.45, 2.75) is 6.61 Å². The van der Waals surface area contributed by atoms with E-state index in [1.165, 1.54) is 13.2 Å². The average Bonchev–Trinajstić information content (AvgIpc) is 2.39. The number of aliphatic hydroxyl groups excluding tert-OH is 1. The molecule has 0 spiro atoms. The van der Waals surface area contributed by atoms with Gasteiger partial charge in [-0.25, -0.2) is 8.78 Å². The zero-order valence-electron chi connectivity index (χ0n) is 9.78. The molecule has 0 fully saturated rings. The van der Waals surface area contributed by atoms with E-state index in [9.17, 15) is 8.78 Å². The lowest BCUT2D eigenvalue weighted by Gasteiger charge is -2.11. The topological polar surface area (TPSA) is 29.5 Å². The number of ether oxygens (including phenoxy) is 1.